The first-order chi connectivity index (χ1) is 18.8. The molecule has 4 unspecified atom stereocenters. The summed E-state index contributed by atoms with van der Waals surface area (Å²) in [4.78, 5) is 24.4. The highest BCUT2D eigenvalue weighted by molar-refractivity contribution is 7.97. The zero-order chi connectivity index (χ0) is 27.5. The second-order valence-electron chi connectivity index (χ2n) is 10.3. The first-order valence-corrected chi connectivity index (χ1v) is 14.0. The number of carbonyl (C=O) groups excluding carboxylic acids is 1. The van der Waals surface area contributed by atoms with Crippen LogP contribution in [0.3, 0.4) is 0 Å². The number of amides is 1. The number of pyridine rings is 2. The molecule has 5 rings (SSSR count). The molecule has 2 saturated heterocycles. The summed E-state index contributed by atoms with van der Waals surface area (Å²) in [5.74, 6) is -1.88. The third-order valence-electron chi connectivity index (χ3n) is 7.05. The maximum Gasteiger partial charge on any atom is 0.298 e. The van der Waals surface area contributed by atoms with Crippen LogP contribution in [0.4, 0.5) is 14.6 Å². The number of alkyl halides is 2. The van der Waals surface area contributed by atoms with E-state index in [0.717, 1.165) is 40.9 Å². The van der Waals surface area contributed by atoms with Gasteiger partial charge in [-0.1, -0.05) is 18.2 Å². The highest BCUT2D eigenvalue weighted by Gasteiger charge is 2.34. The molecular formula is C28H33F2N5O3S. The number of aromatic nitrogens is 2. The Bertz CT molecular complexity index is 1310. The van der Waals surface area contributed by atoms with Gasteiger partial charge in [0, 0.05) is 48.9 Å². The quantitative estimate of drug-likeness (QED) is 0.404. The van der Waals surface area contributed by atoms with Gasteiger partial charge in [0.05, 0.1) is 36.6 Å². The van der Waals surface area contributed by atoms with Crippen molar-refractivity contribution in [1.82, 2.24) is 19.6 Å². The number of ether oxygens (including phenoxy) is 1. The molecule has 2 aliphatic heterocycles. The Labute approximate surface area is 230 Å². The molecule has 1 amide bonds. The molecule has 39 heavy (non-hydrogen) atoms. The summed E-state index contributed by atoms with van der Waals surface area (Å²) in [5.41, 5.74) is 2.45. The third kappa shape index (κ3) is 6.84. The van der Waals surface area contributed by atoms with E-state index in [1.165, 1.54) is 4.31 Å². The highest BCUT2D eigenvalue weighted by Crippen LogP contribution is 2.30. The summed E-state index contributed by atoms with van der Waals surface area (Å²) in [5, 5.41) is 14.3. The number of fused-ring (bicyclic) bond motifs is 1. The molecule has 8 nitrogen and oxygen atoms in total. The first kappa shape index (κ1) is 27.7. The van der Waals surface area contributed by atoms with E-state index < -0.39 is 11.8 Å². The second-order valence-corrected chi connectivity index (χ2v) is 11.3. The normalized spacial score (nSPS) is 24.0. The predicted octanol–water partition coefficient (Wildman–Crippen LogP) is 3.88. The van der Waals surface area contributed by atoms with E-state index >= 15 is 0 Å². The molecule has 1 aromatic carbocycles. The van der Waals surface area contributed by atoms with Gasteiger partial charge in [0.15, 0.2) is 0 Å². The molecule has 2 aliphatic rings. The Kier molecular flexibility index (Phi) is 8.61. The fourth-order valence-electron chi connectivity index (χ4n) is 5.40. The van der Waals surface area contributed by atoms with Crippen molar-refractivity contribution in [2.75, 3.05) is 31.1 Å². The van der Waals surface area contributed by atoms with E-state index in [-0.39, 0.29) is 43.7 Å². The zero-order valence-electron chi connectivity index (χ0n) is 22.0. The van der Waals surface area contributed by atoms with Gasteiger partial charge in [-0.3, -0.25) is 9.78 Å². The Morgan fingerprint density at radius 2 is 1.95 bits per heavy atom. The van der Waals surface area contributed by atoms with Gasteiger partial charge in [-0.2, -0.15) is 8.78 Å². The molecule has 0 spiro atoms. The summed E-state index contributed by atoms with van der Waals surface area (Å²) in [7, 11) is 0. The number of carbonyl (C=O) groups is 1. The van der Waals surface area contributed by atoms with Crippen molar-refractivity contribution in [2.24, 2.45) is 0 Å². The Morgan fingerprint density at radius 3 is 2.69 bits per heavy atom. The average Bonchev–Trinajstić information content (AvgIpc) is 3.27. The number of anilines is 1. The molecule has 2 aromatic heterocycles. The summed E-state index contributed by atoms with van der Waals surface area (Å²) < 4.78 is 32.9. The third-order valence-corrected chi connectivity index (χ3v) is 7.93. The van der Waals surface area contributed by atoms with Gasteiger partial charge < -0.3 is 20.1 Å². The van der Waals surface area contributed by atoms with E-state index in [0.29, 0.717) is 24.1 Å². The Hall–Kier alpha value is -2.86. The monoisotopic (exact) mass is 557 g/mol. The maximum absolute atomic E-state index is 12.8. The van der Waals surface area contributed by atoms with Crippen LogP contribution in [0.25, 0.3) is 22.0 Å². The molecule has 2 fully saturated rings. The summed E-state index contributed by atoms with van der Waals surface area (Å²) >= 11 is 0.402. The summed E-state index contributed by atoms with van der Waals surface area (Å²) in [6, 6.07) is 13.3. The number of rotatable bonds is 8. The molecule has 0 saturated carbocycles. The Balaban J connectivity index is 1.27. The number of hydrogen-bond donors (Lipinski definition) is 2. The standard InChI is InChI=1S/C28H33F2N5O3S/c1-17-13-34(14-18(2)38-17)26-5-3-4-25(33-26)19-6-7-20-12-31-22(9-21(20)8-19)11-27(37)32-23-10-24(16-36)35(15-23)39-28(29)30/h3-9,12,17-18,23-24,28,36H,10-11,13-16H2,1-2H3,(H,32,37). The smallest absolute Gasteiger partial charge is 0.298 e. The molecular weight excluding hydrogens is 524 g/mol. The molecule has 3 aromatic rings. The van der Waals surface area contributed by atoms with Crippen LogP contribution in [0.5, 0.6) is 0 Å². The van der Waals surface area contributed by atoms with Crippen LogP contribution in [0.15, 0.2) is 48.7 Å². The maximum atomic E-state index is 12.8. The SMILES string of the molecule is CC1CN(c2cccc(-c3ccc4cnc(CC(=O)NC5CC(CO)N(SC(F)F)C5)cc4c3)n2)CC(C)O1. The van der Waals surface area contributed by atoms with E-state index in [1.54, 1.807) is 6.20 Å². The van der Waals surface area contributed by atoms with Gasteiger partial charge in [0.1, 0.15) is 5.82 Å². The minimum absolute atomic E-state index is 0.0730. The van der Waals surface area contributed by atoms with Crippen molar-refractivity contribution < 1.29 is 23.4 Å². The fraction of sp³-hybridized carbons (Fsp3) is 0.464. The molecule has 208 valence electrons. The van der Waals surface area contributed by atoms with Crippen molar-refractivity contribution in [3.63, 3.8) is 0 Å². The second kappa shape index (κ2) is 12.1. The first-order valence-electron chi connectivity index (χ1n) is 13.2. The van der Waals surface area contributed by atoms with Gasteiger partial charge in [-0.15, -0.1) is 0 Å². The predicted molar refractivity (Wildman–Crippen MR) is 149 cm³/mol. The largest absolute Gasteiger partial charge is 0.395 e. The van der Waals surface area contributed by atoms with E-state index in [1.807, 2.05) is 36.4 Å². The average molecular weight is 558 g/mol. The van der Waals surface area contributed by atoms with Crippen LogP contribution < -0.4 is 10.2 Å². The molecule has 4 heterocycles. The van der Waals surface area contributed by atoms with Crippen LogP contribution in [0.2, 0.25) is 0 Å². The molecule has 0 radical (unpaired) electrons. The van der Waals surface area contributed by atoms with Crippen molar-refractivity contribution in [2.45, 2.75) is 56.7 Å². The lowest BCUT2D eigenvalue weighted by Crippen LogP contribution is -2.45. The lowest BCUT2D eigenvalue weighted by molar-refractivity contribution is -0.121. The molecule has 2 N–H and O–H groups in total. The van der Waals surface area contributed by atoms with E-state index in [4.69, 9.17) is 9.72 Å². The van der Waals surface area contributed by atoms with Crippen LogP contribution in [-0.4, -0.2) is 81.6 Å². The number of aliphatic hydroxyl groups excluding tert-OH is 1. The number of nitrogens with one attached hydrogen (secondary N) is 1. The minimum Gasteiger partial charge on any atom is -0.395 e. The minimum atomic E-state index is -2.57. The lowest BCUT2D eigenvalue weighted by atomic mass is 10.0. The van der Waals surface area contributed by atoms with Gasteiger partial charge in [-0.25, -0.2) is 9.29 Å². The van der Waals surface area contributed by atoms with Crippen LogP contribution in [0, 0.1) is 0 Å². The van der Waals surface area contributed by atoms with Gasteiger partial charge in [-0.05, 0) is 61.9 Å². The van der Waals surface area contributed by atoms with Gasteiger partial charge >= 0.3 is 0 Å². The van der Waals surface area contributed by atoms with Crippen molar-refractivity contribution >= 4 is 34.4 Å². The van der Waals surface area contributed by atoms with Gasteiger partial charge in [0.2, 0.25) is 5.91 Å². The van der Waals surface area contributed by atoms with Crippen molar-refractivity contribution in [1.29, 1.82) is 0 Å². The Morgan fingerprint density at radius 1 is 1.15 bits per heavy atom. The number of halogens is 2. The topological polar surface area (TPSA) is 90.8 Å². The fourth-order valence-corrected chi connectivity index (χ4v) is 6.19. The molecule has 0 bridgehead atoms. The van der Waals surface area contributed by atoms with Crippen molar-refractivity contribution in [3.8, 4) is 11.3 Å². The molecule has 11 heteroatoms. The summed E-state index contributed by atoms with van der Waals surface area (Å²) in [6.07, 6.45) is 2.53. The number of aliphatic hydroxyl groups is 1. The highest BCUT2D eigenvalue weighted by atomic mass is 32.2. The van der Waals surface area contributed by atoms with Crippen LogP contribution >= 0.6 is 11.9 Å². The number of hydrogen-bond acceptors (Lipinski definition) is 8. The number of nitrogens with zero attached hydrogens (tertiary/aromatic N) is 4. The van der Waals surface area contributed by atoms with E-state index in [9.17, 15) is 18.7 Å². The number of morpholine rings is 1. The van der Waals surface area contributed by atoms with Crippen LogP contribution in [0.1, 0.15) is 26.0 Å². The van der Waals surface area contributed by atoms with Crippen molar-refractivity contribution in [3.05, 3.63) is 54.4 Å². The van der Waals surface area contributed by atoms with E-state index in [2.05, 4.69) is 35.1 Å². The molecule has 4 atom stereocenters. The summed E-state index contributed by atoms with van der Waals surface area (Å²) in [6.45, 7) is 5.75. The zero-order valence-corrected chi connectivity index (χ0v) is 22.8. The lowest BCUT2D eigenvalue weighted by Gasteiger charge is -2.36. The molecule has 0 aliphatic carbocycles. The number of benzene rings is 1. The van der Waals surface area contributed by atoms with Crippen LogP contribution in [-0.2, 0) is 16.0 Å². The van der Waals surface area contributed by atoms with Gasteiger partial charge in [0.25, 0.3) is 5.76 Å².